The van der Waals surface area contributed by atoms with E-state index in [9.17, 15) is 5.11 Å². The molecule has 0 spiro atoms. The maximum absolute atomic E-state index is 9.79. The molecule has 78 valence electrons. The molecule has 0 heterocycles. The van der Waals surface area contributed by atoms with Crippen LogP contribution in [0, 0.1) is 6.92 Å². The zero-order valence-corrected chi connectivity index (χ0v) is 9.07. The van der Waals surface area contributed by atoms with Gasteiger partial charge in [-0.3, -0.25) is 0 Å². The smallest absolute Gasteiger partial charge is 0.123 e. The highest BCUT2D eigenvalue weighted by molar-refractivity contribution is 6.09. The Balaban J connectivity index is 2.55. The fraction of sp³-hybridized carbons (Fsp3) is 0.0667. The summed E-state index contributed by atoms with van der Waals surface area (Å²) in [6.45, 7) is 2.09. The third-order valence-electron chi connectivity index (χ3n) is 3.01. The third kappa shape index (κ3) is 1.25. The third-order valence-corrected chi connectivity index (χ3v) is 3.01. The van der Waals surface area contributed by atoms with Crippen molar-refractivity contribution < 1.29 is 5.11 Å². The summed E-state index contributed by atoms with van der Waals surface area (Å²) < 4.78 is 0. The van der Waals surface area contributed by atoms with Gasteiger partial charge in [0, 0.05) is 5.39 Å². The first kappa shape index (κ1) is 9.22. The molecule has 0 aromatic heterocycles. The number of aryl methyl sites for hydroxylation is 1. The molecule has 0 radical (unpaired) electrons. The van der Waals surface area contributed by atoms with Gasteiger partial charge in [0.2, 0.25) is 0 Å². The molecule has 0 fully saturated rings. The molecule has 0 saturated carbocycles. The van der Waals surface area contributed by atoms with E-state index in [1.54, 1.807) is 6.07 Å². The minimum atomic E-state index is 0.347. The minimum Gasteiger partial charge on any atom is -0.507 e. The Morgan fingerprint density at radius 2 is 1.62 bits per heavy atom. The Morgan fingerprint density at radius 1 is 0.812 bits per heavy atom. The average molecular weight is 208 g/mol. The van der Waals surface area contributed by atoms with Crippen molar-refractivity contribution in [2.75, 3.05) is 0 Å². The summed E-state index contributed by atoms with van der Waals surface area (Å²) in [7, 11) is 0. The number of fused-ring (bicyclic) bond motifs is 3. The molecule has 0 bridgehead atoms. The lowest BCUT2D eigenvalue weighted by atomic mass is 10.00. The van der Waals surface area contributed by atoms with Gasteiger partial charge < -0.3 is 5.11 Å². The molecular formula is C15H12O. The molecule has 3 aromatic rings. The minimum absolute atomic E-state index is 0.347. The molecule has 1 nitrogen and oxygen atoms in total. The maximum Gasteiger partial charge on any atom is 0.123 e. The topological polar surface area (TPSA) is 20.2 Å². The Bertz CT molecular complexity index is 683. The van der Waals surface area contributed by atoms with Crippen LogP contribution in [0.1, 0.15) is 5.56 Å². The fourth-order valence-corrected chi connectivity index (χ4v) is 2.20. The summed E-state index contributed by atoms with van der Waals surface area (Å²) in [5, 5.41) is 14.2. The standard InChI is InChI=1S/C15H12O/c1-10-5-7-12-11(9-10)6-8-14-13(12)3-2-4-15(14)16/h2-9,16H,1H3. The van der Waals surface area contributed by atoms with Gasteiger partial charge in [0.25, 0.3) is 0 Å². The highest BCUT2D eigenvalue weighted by atomic mass is 16.3. The highest BCUT2D eigenvalue weighted by Crippen LogP contribution is 2.31. The van der Waals surface area contributed by atoms with Gasteiger partial charge >= 0.3 is 0 Å². The molecule has 3 rings (SSSR count). The van der Waals surface area contributed by atoms with Crippen LogP contribution in [0.2, 0.25) is 0 Å². The van der Waals surface area contributed by atoms with Gasteiger partial charge in [0.15, 0.2) is 0 Å². The van der Waals surface area contributed by atoms with Gasteiger partial charge in [0.05, 0.1) is 0 Å². The second kappa shape index (κ2) is 3.24. The van der Waals surface area contributed by atoms with Gasteiger partial charge in [-0.05, 0) is 29.1 Å². The normalized spacial score (nSPS) is 11.1. The van der Waals surface area contributed by atoms with Crippen molar-refractivity contribution in [1.29, 1.82) is 0 Å². The quantitative estimate of drug-likeness (QED) is 0.553. The van der Waals surface area contributed by atoms with Crippen LogP contribution >= 0.6 is 0 Å². The summed E-state index contributed by atoms with van der Waals surface area (Å²) in [5.41, 5.74) is 1.26. The zero-order chi connectivity index (χ0) is 11.1. The summed E-state index contributed by atoms with van der Waals surface area (Å²) in [4.78, 5) is 0. The van der Waals surface area contributed by atoms with E-state index in [2.05, 4.69) is 31.2 Å². The molecule has 0 aliphatic heterocycles. The molecule has 3 aromatic carbocycles. The predicted molar refractivity (Wildman–Crippen MR) is 67.9 cm³/mol. The molecule has 1 heteroatoms. The summed E-state index contributed by atoms with van der Waals surface area (Å²) >= 11 is 0. The van der Waals surface area contributed by atoms with Crippen molar-refractivity contribution >= 4 is 21.5 Å². The Hall–Kier alpha value is -2.02. The first-order chi connectivity index (χ1) is 7.75. The van der Waals surface area contributed by atoms with E-state index >= 15 is 0 Å². The van der Waals surface area contributed by atoms with E-state index in [1.165, 1.54) is 16.3 Å². The van der Waals surface area contributed by atoms with Crippen LogP contribution in [0.4, 0.5) is 0 Å². The van der Waals surface area contributed by atoms with Gasteiger partial charge in [-0.15, -0.1) is 0 Å². The monoisotopic (exact) mass is 208 g/mol. The molecule has 1 N–H and O–H groups in total. The second-order valence-electron chi connectivity index (χ2n) is 4.16. The van der Waals surface area contributed by atoms with E-state index < -0.39 is 0 Å². The van der Waals surface area contributed by atoms with Gasteiger partial charge in [-0.25, -0.2) is 0 Å². The van der Waals surface area contributed by atoms with Crippen LogP contribution in [-0.4, -0.2) is 5.11 Å². The van der Waals surface area contributed by atoms with Crippen molar-refractivity contribution in [1.82, 2.24) is 0 Å². The first-order valence-electron chi connectivity index (χ1n) is 5.37. The van der Waals surface area contributed by atoms with Gasteiger partial charge in [-0.1, -0.05) is 48.0 Å². The zero-order valence-electron chi connectivity index (χ0n) is 9.07. The van der Waals surface area contributed by atoms with Crippen molar-refractivity contribution in [3.63, 3.8) is 0 Å². The second-order valence-corrected chi connectivity index (χ2v) is 4.16. The number of hydrogen-bond donors (Lipinski definition) is 1. The molecule has 0 amide bonds. The molecule has 0 saturated heterocycles. The van der Waals surface area contributed by atoms with Crippen LogP contribution in [-0.2, 0) is 0 Å². The molecular weight excluding hydrogens is 196 g/mol. The maximum atomic E-state index is 9.79. The van der Waals surface area contributed by atoms with Crippen molar-refractivity contribution in [3.05, 3.63) is 54.1 Å². The Labute approximate surface area is 94.0 Å². The summed E-state index contributed by atoms with van der Waals surface area (Å²) in [5.74, 6) is 0.347. The van der Waals surface area contributed by atoms with Crippen LogP contribution < -0.4 is 0 Å². The van der Waals surface area contributed by atoms with Crippen LogP contribution in [0.15, 0.2) is 48.5 Å². The highest BCUT2D eigenvalue weighted by Gasteiger charge is 2.03. The van der Waals surface area contributed by atoms with E-state index in [0.29, 0.717) is 5.75 Å². The van der Waals surface area contributed by atoms with Crippen LogP contribution in [0.5, 0.6) is 5.75 Å². The lowest BCUT2D eigenvalue weighted by Crippen LogP contribution is -1.79. The van der Waals surface area contributed by atoms with Crippen molar-refractivity contribution in [2.24, 2.45) is 0 Å². The number of phenolic OH excluding ortho intramolecular Hbond substituents is 1. The SMILES string of the molecule is Cc1ccc2c(ccc3c(O)cccc32)c1. The number of rotatable bonds is 0. The largest absolute Gasteiger partial charge is 0.507 e. The molecule has 0 atom stereocenters. The first-order valence-corrected chi connectivity index (χ1v) is 5.37. The summed E-state index contributed by atoms with van der Waals surface area (Å²) in [6, 6.07) is 16.1. The molecule has 0 unspecified atom stereocenters. The Kier molecular flexibility index (Phi) is 1.87. The molecule has 16 heavy (non-hydrogen) atoms. The van der Waals surface area contributed by atoms with E-state index in [-0.39, 0.29) is 0 Å². The van der Waals surface area contributed by atoms with Gasteiger partial charge in [-0.2, -0.15) is 0 Å². The molecule has 0 aliphatic carbocycles. The van der Waals surface area contributed by atoms with Gasteiger partial charge in [0.1, 0.15) is 5.75 Å². The summed E-state index contributed by atoms with van der Waals surface area (Å²) in [6.07, 6.45) is 0. The van der Waals surface area contributed by atoms with Crippen LogP contribution in [0.25, 0.3) is 21.5 Å². The van der Waals surface area contributed by atoms with Crippen molar-refractivity contribution in [2.45, 2.75) is 6.92 Å². The van der Waals surface area contributed by atoms with Crippen molar-refractivity contribution in [3.8, 4) is 5.75 Å². The van der Waals surface area contributed by atoms with Crippen LogP contribution in [0.3, 0.4) is 0 Å². The molecule has 0 aliphatic rings. The van der Waals surface area contributed by atoms with E-state index in [4.69, 9.17) is 0 Å². The van der Waals surface area contributed by atoms with E-state index in [1.807, 2.05) is 18.2 Å². The average Bonchev–Trinajstić information content (AvgIpc) is 2.28. The number of aromatic hydroxyl groups is 1. The predicted octanol–water partition coefficient (Wildman–Crippen LogP) is 4.01. The number of benzene rings is 3. The van der Waals surface area contributed by atoms with E-state index in [0.717, 1.165) is 10.8 Å². The Morgan fingerprint density at radius 3 is 2.50 bits per heavy atom. The fourth-order valence-electron chi connectivity index (χ4n) is 2.20. The lowest BCUT2D eigenvalue weighted by Gasteiger charge is -2.06. The lowest BCUT2D eigenvalue weighted by molar-refractivity contribution is 0.481. The number of phenols is 1. The number of hydrogen-bond acceptors (Lipinski definition) is 1.